The minimum atomic E-state index is -1.56. The minimum absolute atomic E-state index is 0.00815. The number of pyridine rings is 1. The maximum atomic E-state index is 13.5. The van der Waals surface area contributed by atoms with E-state index in [0.29, 0.717) is 50.5 Å². The lowest BCUT2D eigenvalue weighted by atomic mass is 9.81. The Balaban J connectivity index is 1.27. The molecular weight excluding hydrogens is 605 g/mol. The van der Waals surface area contributed by atoms with E-state index in [0.717, 1.165) is 31.1 Å². The van der Waals surface area contributed by atoms with Gasteiger partial charge in [0.15, 0.2) is 0 Å². The summed E-state index contributed by atoms with van der Waals surface area (Å²) in [5, 5.41) is 21.2. The predicted molar refractivity (Wildman–Crippen MR) is 165 cm³/mol. The number of amides is 2. The molecule has 2 saturated carbocycles. The van der Waals surface area contributed by atoms with Crippen LogP contribution in [-0.2, 0) is 15.8 Å². The van der Waals surface area contributed by atoms with Crippen molar-refractivity contribution in [3.05, 3.63) is 69.5 Å². The van der Waals surface area contributed by atoms with Crippen LogP contribution in [0.15, 0.2) is 42.6 Å². The lowest BCUT2D eigenvalue weighted by Gasteiger charge is -2.30. The van der Waals surface area contributed by atoms with Gasteiger partial charge in [-0.2, -0.15) is 5.10 Å². The number of ether oxygens (including phenoxy) is 2. The van der Waals surface area contributed by atoms with Gasteiger partial charge in [-0.25, -0.2) is 4.98 Å². The van der Waals surface area contributed by atoms with Crippen LogP contribution in [-0.4, -0.2) is 51.9 Å². The first-order valence-electron chi connectivity index (χ1n) is 14.5. The topological polar surface area (TPSA) is 142 Å². The third-order valence-electron chi connectivity index (χ3n) is 9.03. The number of hydrogen-bond acceptors (Lipinski definition) is 7. The molecule has 0 saturated heterocycles. The number of methoxy groups -OCH3 is 1. The van der Waals surface area contributed by atoms with Crippen LogP contribution in [0.3, 0.4) is 0 Å². The second kappa shape index (κ2) is 10.4. The zero-order valence-corrected chi connectivity index (χ0v) is 25.7. The minimum Gasteiger partial charge on any atom is -0.494 e. The van der Waals surface area contributed by atoms with Gasteiger partial charge in [-0.3, -0.25) is 14.3 Å². The summed E-state index contributed by atoms with van der Waals surface area (Å²) in [4.78, 5) is 31.1. The Morgan fingerprint density at radius 2 is 2.00 bits per heavy atom. The highest BCUT2D eigenvalue weighted by molar-refractivity contribution is 6.43. The number of primary amides is 1. The van der Waals surface area contributed by atoms with Gasteiger partial charge in [-0.1, -0.05) is 35.3 Å². The first-order chi connectivity index (χ1) is 21.0. The van der Waals surface area contributed by atoms with Crippen molar-refractivity contribution in [3.63, 3.8) is 0 Å². The fourth-order valence-corrected chi connectivity index (χ4v) is 6.32. The molecule has 3 aliphatic rings. The van der Waals surface area contributed by atoms with Crippen LogP contribution in [0.25, 0.3) is 22.2 Å². The van der Waals surface area contributed by atoms with Crippen LogP contribution < -0.4 is 20.5 Å². The van der Waals surface area contributed by atoms with E-state index in [-0.39, 0.29) is 35.7 Å². The summed E-state index contributed by atoms with van der Waals surface area (Å²) in [5.74, 6) is -0.277. The van der Waals surface area contributed by atoms with Crippen LogP contribution in [0.2, 0.25) is 10.0 Å². The van der Waals surface area contributed by atoms with Crippen LogP contribution in [0.5, 0.6) is 11.5 Å². The number of aromatic nitrogens is 3. The van der Waals surface area contributed by atoms with Gasteiger partial charge in [0.25, 0.3) is 5.91 Å². The lowest BCUT2D eigenvalue weighted by Crippen LogP contribution is -2.44. The smallest absolute Gasteiger partial charge is 0.251 e. The molecule has 2 amide bonds. The van der Waals surface area contributed by atoms with Gasteiger partial charge in [-0.15, -0.1) is 0 Å². The molecule has 4 aromatic rings. The summed E-state index contributed by atoms with van der Waals surface area (Å²) in [6.07, 6.45) is 5.57. The number of nitrogens with zero attached hydrogens (tertiary/aromatic N) is 3. The second-order valence-electron chi connectivity index (χ2n) is 12.2. The molecule has 1 aliphatic heterocycles. The first kappa shape index (κ1) is 28.9. The predicted octanol–water partition coefficient (Wildman–Crippen LogP) is 4.91. The van der Waals surface area contributed by atoms with E-state index in [4.69, 9.17) is 43.4 Å². The molecule has 3 heterocycles. The SMILES string of the molecule is COc1cc(C(=O)NC[C@](O)(c2cc3c(c(-c4cccc(Cl)c4Cl)n2)OC[C@]3(C)C(N)=O)C2CC2)cc2cn(C3CC3)nc12. The zero-order valence-electron chi connectivity index (χ0n) is 24.2. The van der Waals surface area contributed by atoms with Gasteiger partial charge < -0.3 is 25.6 Å². The highest BCUT2D eigenvalue weighted by Gasteiger charge is 2.50. The standard InChI is InChI=1S/C32H31Cl2N5O5/c1-31(30(35)41)15-44-28-21(31)12-24(37-27(28)20-4-3-5-22(33)25(20)34)32(42,18-6-7-18)14-36-29(40)16-10-17-13-39(19-8-9-19)38-26(17)23(11-16)43-2/h3-5,10-13,18-19,42H,6-9,14-15H2,1-2H3,(H2,35,41)(H,36,40)/t31-,32+/m0/s1. The molecular formula is C32H31Cl2N5O5. The van der Waals surface area contributed by atoms with Crippen molar-refractivity contribution < 1.29 is 24.2 Å². The maximum Gasteiger partial charge on any atom is 0.251 e. The number of hydrogen-bond donors (Lipinski definition) is 3. The molecule has 10 nitrogen and oxygen atoms in total. The molecule has 228 valence electrons. The number of nitrogens with two attached hydrogens (primary N) is 1. The Hall–Kier alpha value is -3.86. The summed E-state index contributed by atoms with van der Waals surface area (Å²) in [7, 11) is 1.55. The van der Waals surface area contributed by atoms with E-state index in [9.17, 15) is 14.7 Å². The number of fused-ring (bicyclic) bond motifs is 2. The van der Waals surface area contributed by atoms with Crippen molar-refractivity contribution in [3.8, 4) is 22.8 Å². The molecule has 2 aromatic carbocycles. The molecule has 44 heavy (non-hydrogen) atoms. The average Bonchev–Trinajstić information content (AvgIpc) is 3.96. The van der Waals surface area contributed by atoms with Gasteiger partial charge in [0.2, 0.25) is 5.91 Å². The van der Waals surface area contributed by atoms with Crippen LogP contribution in [0.4, 0.5) is 0 Å². The zero-order chi connectivity index (χ0) is 31.0. The Kier molecular flexibility index (Phi) is 6.80. The summed E-state index contributed by atoms with van der Waals surface area (Å²) in [6.45, 7) is 1.58. The van der Waals surface area contributed by atoms with E-state index in [2.05, 4.69) is 10.4 Å². The molecule has 0 radical (unpaired) electrons. The average molecular weight is 637 g/mol. The van der Waals surface area contributed by atoms with E-state index in [1.807, 2.05) is 10.9 Å². The number of benzene rings is 2. The largest absolute Gasteiger partial charge is 0.494 e. The molecule has 0 spiro atoms. The lowest BCUT2D eigenvalue weighted by molar-refractivity contribution is -0.123. The molecule has 12 heteroatoms. The van der Waals surface area contributed by atoms with Crippen molar-refractivity contribution >= 4 is 45.9 Å². The third kappa shape index (κ3) is 4.67. The number of carbonyl (C=O) groups excluding carboxylic acids is 2. The van der Waals surface area contributed by atoms with E-state index >= 15 is 0 Å². The Morgan fingerprint density at radius 1 is 1.23 bits per heavy atom. The number of halogens is 2. The van der Waals surface area contributed by atoms with Crippen molar-refractivity contribution in [2.24, 2.45) is 11.7 Å². The Morgan fingerprint density at radius 3 is 2.68 bits per heavy atom. The van der Waals surface area contributed by atoms with E-state index in [1.54, 1.807) is 50.4 Å². The Bertz CT molecular complexity index is 1850. The van der Waals surface area contributed by atoms with Gasteiger partial charge in [0, 0.05) is 28.3 Å². The van der Waals surface area contributed by atoms with Crippen molar-refractivity contribution in [1.29, 1.82) is 0 Å². The molecule has 7 rings (SSSR count). The van der Waals surface area contributed by atoms with Crippen molar-refractivity contribution in [2.45, 2.75) is 49.7 Å². The highest BCUT2D eigenvalue weighted by atomic mass is 35.5. The van der Waals surface area contributed by atoms with Gasteiger partial charge in [0.1, 0.15) is 40.3 Å². The first-order valence-corrected chi connectivity index (χ1v) is 15.3. The molecule has 2 atom stereocenters. The summed E-state index contributed by atoms with van der Waals surface area (Å²) >= 11 is 13.0. The van der Waals surface area contributed by atoms with Gasteiger partial charge >= 0.3 is 0 Å². The molecule has 2 aliphatic carbocycles. The summed E-state index contributed by atoms with van der Waals surface area (Å²) in [6, 6.07) is 10.6. The normalized spacial score (nSPS) is 20.6. The fraction of sp³-hybridized carbons (Fsp3) is 0.375. The number of nitrogens with one attached hydrogen (secondary N) is 1. The fourth-order valence-electron chi connectivity index (χ4n) is 5.93. The summed E-state index contributed by atoms with van der Waals surface area (Å²) in [5.41, 5.74) is 5.79. The van der Waals surface area contributed by atoms with Crippen LogP contribution >= 0.6 is 23.2 Å². The van der Waals surface area contributed by atoms with Crippen molar-refractivity contribution in [2.75, 3.05) is 20.3 Å². The number of aliphatic hydroxyl groups is 1. The van der Waals surface area contributed by atoms with E-state index in [1.165, 1.54) is 0 Å². The molecule has 0 bridgehead atoms. The van der Waals surface area contributed by atoms with Crippen LogP contribution in [0.1, 0.15) is 60.3 Å². The number of carbonyl (C=O) groups is 2. The molecule has 2 fully saturated rings. The quantitative estimate of drug-likeness (QED) is 0.237. The third-order valence-corrected chi connectivity index (χ3v) is 9.85. The maximum absolute atomic E-state index is 13.5. The van der Waals surface area contributed by atoms with E-state index < -0.39 is 16.9 Å². The molecule has 4 N–H and O–H groups in total. The molecule has 2 aromatic heterocycles. The Labute approximate surface area is 263 Å². The van der Waals surface area contributed by atoms with Crippen molar-refractivity contribution in [1.82, 2.24) is 20.1 Å². The molecule has 0 unspecified atom stereocenters. The second-order valence-corrected chi connectivity index (χ2v) is 12.9. The monoisotopic (exact) mass is 635 g/mol. The summed E-state index contributed by atoms with van der Waals surface area (Å²) < 4.78 is 13.5. The van der Waals surface area contributed by atoms with Gasteiger partial charge in [-0.05, 0) is 62.8 Å². The van der Waals surface area contributed by atoms with Crippen LogP contribution in [0, 0.1) is 5.92 Å². The number of rotatable bonds is 9. The highest BCUT2D eigenvalue weighted by Crippen LogP contribution is 2.51. The van der Waals surface area contributed by atoms with Gasteiger partial charge in [0.05, 0.1) is 35.4 Å².